The Morgan fingerprint density at radius 2 is 2.26 bits per heavy atom. The Bertz CT molecular complexity index is 362. The highest BCUT2D eigenvalue weighted by molar-refractivity contribution is 4.92. The first-order valence-corrected chi connectivity index (χ1v) is 7.65. The van der Waals surface area contributed by atoms with Crippen LogP contribution in [0.5, 0.6) is 0 Å². The van der Waals surface area contributed by atoms with Crippen molar-refractivity contribution < 1.29 is 4.52 Å². The molecule has 1 saturated heterocycles. The van der Waals surface area contributed by atoms with Gasteiger partial charge in [0, 0.05) is 25.0 Å². The van der Waals surface area contributed by atoms with Crippen LogP contribution in [0, 0.1) is 5.92 Å². The van der Waals surface area contributed by atoms with Crippen LogP contribution in [0.15, 0.2) is 10.9 Å². The van der Waals surface area contributed by atoms with Crippen LogP contribution in [0.1, 0.15) is 44.3 Å². The zero-order chi connectivity index (χ0) is 12.9. The van der Waals surface area contributed by atoms with Gasteiger partial charge in [-0.05, 0) is 38.1 Å². The second-order valence-corrected chi connectivity index (χ2v) is 5.81. The maximum absolute atomic E-state index is 4.75. The van der Waals surface area contributed by atoms with E-state index in [0.29, 0.717) is 6.04 Å². The molecular formula is C14H24N4O. The van der Waals surface area contributed by atoms with Gasteiger partial charge in [0.25, 0.3) is 0 Å². The van der Waals surface area contributed by atoms with Crippen molar-refractivity contribution in [1.82, 2.24) is 20.8 Å². The van der Waals surface area contributed by atoms with Crippen molar-refractivity contribution in [3.63, 3.8) is 0 Å². The molecule has 19 heavy (non-hydrogen) atoms. The fourth-order valence-electron chi connectivity index (χ4n) is 3.64. The largest absolute Gasteiger partial charge is 0.343 e. The molecule has 1 aliphatic heterocycles. The lowest BCUT2D eigenvalue weighted by Gasteiger charge is -2.33. The van der Waals surface area contributed by atoms with Gasteiger partial charge in [0.15, 0.2) is 5.82 Å². The molecule has 3 atom stereocenters. The zero-order valence-corrected chi connectivity index (χ0v) is 11.5. The van der Waals surface area contributed by atoms with Gasteiger partial charge in [0.2, 0.25) is 6.39 Å². The van der Waals surface area contributed by atoms with Gasteiger partial charge in [-0.1, -0.05) is 18.0 Å². The fraction of sp³-hybridized carbons (Fsp3) is 0.857. The minimum absolute atomic E-state index is 0.669. The van der Waals surface area contributed by atoms with Crippen molar-refractivity contribution in [1.29, 1.82) is 0 Å². The van der Waals surface area contributed by atoms with Crippen molar-refractivity contribution in [3.05, 3.63) is 12.2 Å². The molecule has 2 aliphatic rings. The third kappa shape index (κ3) is 3.34. The van der Waals surface area contributed by atoms with Gasteiger partial charge in [-0.2, -0.15) is 4.98 Å². The lowest BCUT2D eigenvalue weighted by atomic mass is 9.88. The molecule has 1 saturated carbocycles. The lowest BCUT2D eigenvalue weighted by molar-refractivity contribution is 0.258. The first kappa shape index (κ1) is 13.1. The predicted octanol–water partition coefficient (Wildman–Crippen LogP) is 1.51. The van der Waals surface area contributed by atoms with E-state index < -0.39 is 0 Å². The van der Waals surface area contributed by atoms with Gasteiger partial charge in [-0.3, -0.25) is 0 Å². The molecule has 3 unspecified atom stereocenters. The highest BCUT2D eigenvalue weighted by atomic mass is 16.5. The van der Waals surface area contributed by atoms with Crippen LogP contribution in [0.3, 0.4) is 0 Å². The first-order valence-electron chi connectivity index (χ1n) is 7.65. The van der Waals surface area contributed by atoms with E-state index in [0.717, 1.165) is 30.7 Å². The number of aromatic nitrogens is 2. The summed E-state index contributed by atoms with van der Waals surface area (Å²) in [5.41, 5.74) is 0. The monoisotopic (exact) mass is 264 g/mol. The van der Waals surface area contributed by atoms with Crippen molar-refractivity contribution in [2.24, 2.45) is 5.92 Å². The van der Waals surface area contributed by atoms with Crippen LogP contribution in [-0.2, 0) is 6.42 Å². The van der Waals surface area contributed by atoms with Gasteiger partial charge in [-0.25, -0.2) is 0 Å². The zero-order valence-electron chi connectivity index (χ0n) is 11.5. The molecule has 0 spiro atoms. The quantitative estimate of drug-likeness (QED) is 0.844. The third-order valence-electron chi connectivity index (χ3n) is 4.60. The molecule has 0 aromatic carbocycles. The highest BCUT2D eigenvalue weighted by Gasteiger charge is 2.33. The average Bonchev–Trinajstić information content (AvgIpc) is 3.11. The minimum atomic E-state index is 0.669. The summed E-state index contributed by atoms with van der Waals surface area (Å²) in [6.45, 7) is 2.16. The molecule has 106 valence electrons. The van der Waals surface area contributed by atoms with Crippen molar-refractivity contribution in [3.8, 4) is 0 Å². The van der Waals surface area contributed by atoms with Crippen LogP contribution < -0.4 is 10.6 Å². The van der Waals surface area contributed by atoms with E-state index in [1.54, 1.807) is 0 Å². The summed E-state index contributed by atoms with van der Waals surface area (Å²) in [6, 6.07) is 1.40. The molecule has 1 aromatic rings. The molecule has 2 heterocycles. The summed E-state index contributed by atoms with van der Waals surface area (Å²) in [7, 11) is 0. The van der Waals surface area contributed by atoms with Crippen LogP contribution in [0.4, 0.5) is 0 Å². The number of piperidine rings is 1. The Labute approximate surface area is 114 Å². The first-order chi connectivity index (χ1) is 9.43. The van der Waals surface area contributed by atoms with Crippen LogP contribution >= 0.6 is 0 Å². The Hall–Kier alpha value is -0.940. The topological polar surface area (TPSA) is 63.0 Å². The Morgan fingerprint density at radius 3 is 3.05 bits per heavy atom. The van der Waals surface area contributed by atoms with E-state index in [1.165, 1.54) is 51.5 Å². The predicted molar refractivity (Wildman–Crippen MR) is 72.8 cm³/mol. The summed E-state index contributed by atoms with van der Waals surface area (Å²) in [5, 5.41) is 11.3. The second kappa shape index (κ2) is 6.48. The van der Waals surface area contributed by atoms with E-state index in [-0.39, 0.29) is 0 Å². The standard InChI is InChI=1S/C14H24N4O/c1-2-8-15-12(5-1)11-4-3-6-13(11)16-9-7-14-17-10-19-18-14/h10-13,15-16H,1-9H2. The SMILES string of the molecule is c1nc(CCNC2CCCC2C2CCCCN2)no1. The number of nitrogens with one attached hydrogen (secondary N) is 2. The highest BCUT2D eigenvalue weighted by Crippen LogP contribution is 2.31. The number of rotatable bonds is 5. The van der Waals surface area contributed by atoms with Gasteiger partial charge < -0.3 is 15.2 Å². The average molecular weight is 264 g/mol. The summed E-state index contributed by atoms with van der Waals surface area (Å²) < 4.78 is 4.75. The fourth-order valence-corrected chi connectivity index (χ4v) is 3.64. The number of nitrogens with zero attached hydrogens (tertiary/aromatic N) is 2. The Morgan fingerprint density at radius 1 is 1.26 bits per heavy atom. The minimum Gasteiger partial charge on any atom is -0.343 e. The van der Waals surface area contributed by atoms with Crippen molar-refractivity contribution in [2.45, 2.75) is 57.0 Å². The molecule has 0 bridgehead atoms. The summed E-state index contributed by atoms with van der Waals surface area (Å²) in [5.74, 6) is 1.61. The molecule has 1 aliphatic carbocycles. The maximum Gasteiger partial charge on any atom is 0.213 e. The Kier molecular flexibility index (Phi) is 4.45. The number of hydrogen-bond donors (Lipinski definition) is 2. The molecule has 2 N–H and O–H groups in total. The van der Waals surface area contributed by atoms with E-state index in [2.05, 4.69) is 20.8 Å². The molecule has 1 aromatic heterocycles. The molecule has 2 fully saturated rings. The molecule has 0 radical (unpaired) electrons. The Balaban J connectivity index is 1.46. The van der Waals surface area contributed by atoms with E-state index in [1.807, 2.05) is 0 Å². The van der Waals surface area contributed by atoms with Crippen molar-refractivity contribution >= 4 is 0 Å². The smallest absolute Gasteiger partial charge is 0.213 e. The molecule has 3 rings (SSSR count). The third-order valence-corrected chi connectivity index (χ3v) is 4.60. The molecule has 0 amide bonds. The van der Waals surface area contributed by atoms with E-state index in [9.17, 15) is 0 Å². The van der Waals surface area contributed by atoms with E-state index in [4.69, 9.17) is 4.52 Å². The summed E-state index contributed by atoms with van der Waals surface area (Å²) in [6.07, 6.45) is 10.4. The van der Waals surface area contributed by atoms with Gasteiger partial charge in [0.1, 0.15) is 0 Å². The molecule has 5 nitrogen and oxygen atoms in total. The van der Waals surface area contributed by atoms with Crippen LogP contribution in [0.25, 0.3) is 0 Å². The van der Waals surface area contributed by atoms with Crippen molar-refractivity contribution in [2.75, 3.05) is 13.1 Å². The van der Waals surface area contributed by atoms with Gasteiger partial charge >= 0.3 is 0 Å². The van der Waals surface area contributed by atoms with Crippen LogP contribution in [0.2, 0.25) is 0 Å². The van der Waals surface area contributed by atoms with E-state index >= 15 is 0 Å². The molecular weight excluding hydrogens is 240 g/mol. The lowest BCUT2D eigenvalue weighted by Crippen LogP contribution is -2.47. The second-order valence-electron chi connectivity index (χ2n) is 5.81. The van der Waals surface area contributed by atoms with Gasteiger partial charge in [0.05, 0.1) is 0 Å². The van der Waals surface area contributed by atoms with Crippen LogP contribution in [-0.4, -0.2) is 35.3 Å². The summed E-state index contributed by atoms with van der Waals surface area (Å²) in [4.78, 5) is 4.06. The molecule has 5 heteroatoms. The summed E-state index contributed by atoms with van der Waals surface area (Å²) >= 11 is 0. The number of hydrogen-bond acceptors (Lipinski definition) is 5. The van der Waals surface area contributed by atoms with Gasteiger partial charge in [-0.15, -0.1) is 0 Å². The maximum atomic E-state index is 4.75. The normalized spacial score (nSPS) is 31.7.